The summed E-state index contributed by atoms with van der Waals surface area (Å²) < 4.78 is 0. The Balaban J connectivity index is 1.98. The topological polar surface area (TPSA) is 72.2 Å². The maximum absolute atomic E-state index is 12.2. The highest BCUT2D eigenvalue weighted by Crippen LogP contribution is 2.31. The maximum atomic E-state index is 12.2. The first-order valence-corrected chi connectivity index (χ1v) is 9.13. The molecule has 1 amide bonds. The van der Waals surface area contributed by atoms with E-state index in [1.165, 1.54) is 23.9 Å². The molecule has 2 aromatic carbocycles. The number of rotatable bonds is 6. The van der Waals surface area contributed by atoms with Crippen molar-refractivity contribution in [3.05, 3.63) is 68.2 Å². The highest BCUT2D eigenvalue weighted by Gasteiger charge is 2.14. The number of non-ortho nitro benzene ring substituents is 1. The van der Waals surface area contributed by atoms with Crippen LogP contribution in [0.5, 0.6) is 0 Å². The van der Waals surface area contributed by atoms with Gasteiger partial charge in [-0.2, -0.15) is 0 Å². The molecule has 132 valence electrons. The average molecular weight is 379 g/mol. The van der Waals surface area contributed by atoms with Crippen molar-refractivity contribution in [1.29, 1.82) is 0 Å². The van der Waals surface area contributed by atoms with Crippen LogP contribution in [0.15, 0.2) is 36.4 Å². The third-order valence-corrected chi connectivity index (χ3v) is 5.21. The smallest absolute Gasteiger partial charge is 0.269 e. The molecule has 0 spiro atoms. The van der Waals surface area contributed by atoms with E-state index in [4.69, 9.17) is 11.6 Å². The predicted octanol–water partition coefficient (Wildman–Crippen LogP) is 5.30. The summed E-state index contributed by atoms with van der Waals surface area (Å²) >= 11 is 7.61. The van der Waals surface area contributed by atoms with Crippen molar-refractivity contribution in [1.82, 2.24) is 0 Å². The Bertz CT molecular complexity index is 788. The Labute approximate surface area is 155 Å². The Morgan fingerprint density at radius 2 is 2.04 bits per heavy atom. The first-order chi connectivity index (χ1) is 11.8. The number of carbonyl (C=O) groups is 1. The van der Waals surface area contributed by atoms with Gasteiger partial charge in [0.05, 0.1) is 21.4 Å². The molecule has 0 saturated carbocycles. The minimum absolute atomic E-state index is 0.0414. The molecule has 0 unspecified atom stereocenters. The van der Waals surface area contributed by atoms with E-state index >= 15 is 0 Å². The van der Waals surface area contributed by atoms with Gasteiger partial charge < -0.3 is 5.32 Å². The predicted molar refractivity (Wildman–Crippen MR) is 104 cm³/mol. The van der Waals surface area contributed by atoms with Gasteiger partial charge in [-0.1, -0.05) is 29.8 Å². The van der Waals surface area contributed by atoms with Crippen molar-refractivity contribution in [2.24, 2.45) is 0 Å². The van der Waals surface area contributed by atoms with Crippen molar-refractivity contribution in [2.45, 2.75) is 26.0 Å². The molecule has 7 heteroatoms. The zero-order chi connectivity index (χ0) is 18.6. The van der Waals surface area contributed by atoms with Crippen molar-refractivity contribution in [3.8, 4) is 0 Å². The van der Waals surface area contributed by atoms with Crippen LogP contribution in [0, 0.1) is 24.0 Å². The molecule has 0 heterocycles. The molecule has 2 rings (SSSR count). The number of nitrogens with zero attached hydrogens (tertiary/aromatic N) is 1. The zero-order valence-electron chi connectivity index (χ0n) is 14.2. The van der Waals surface area contributed by atoms with Crippen LogP contribution in [0.3, 0.4) is 0 Å². The molecule has 0 aliphatic rings. The van der Waals surface area contributed by atoms with Gasteiger partial charge in [-0.3, -0.25) is 14.9 Å². The minimum atomic E-state index is -0.421. The van der Waals surface area contributed by atoms with E-state index in [9.17, 15) is 14.9 Å². The van der Waals surface area contributed by atoms with Gasteiger partial charge in [-0.25, -0.2) is 0 Å². The average Bonchev–Trinajstić information content (AvgIpc) is 2.56. The quantitative estimate of drug-likeness (QED) is 0.547. The lowest BCUT2D eigenvalue weighted by Gasteiger charge is -2.14. The van der Waals surface area contributed by atoms with Gasteiger partial charge in [0.15, 0.2) is 0 Å². The van der Waals surface area contributed by atoms with Gasteiger partial charge in [0.25, 0.3) is 5.69 Å². The molecule has 25 heavy (non-hydrogen) atoms. The van der Waals surface area contributed by atoms with Crippen molar-refractivity contribution in [2.75, 3.05) is 11.1 Å². The molecule has 1 N–H and O–H groups in total. The van der Waals surface area contributed by atoms with Crippen LogP contribution < -0.4 is 5.32 Å². The normalized spacial score (nSPS) is 11.8. The molecule has 0 saturated heterocycles. The zero-order valence-corrected chi connectivity index (χ0v) is 15.8. The molecule has 0 radical (unpaired) electrons. The van der Waals surface area contributed by atoms with Crippen molar-refractivity contribution in [3.63, 3.8) is 0 Å². The molecule has 0 bridgehead atoms. The number of nitro groups is 1. The second kappa shape index (κ2) is 8.36. The minimum Gasteiger partial charge on any atom is -0.324 e. The summed E-state index contributed by atoms with van der Waals surface area (Å²) in [4.78, 5) is 22.6. The molecular formula is C18H19ClN2O3S. The second-order valence-corrected chi connectivity index (χ2v) is 7.53. The van der Waals surface area contributed by atoms with Crippen LogP contribution in [0.2, 0.25) is 5.02 Å². The van der Waals surface area contributed by atoms with Crippen LogP contribution in [0.25, 0.3) is 0 Å². The van der Waals surface area contributed by atoms with Gasteiger partial charge in [-0.15, -0.1) is 11.8 Å². The van der Waals surface area contributed by atoms with Crippen LogP contribution in [0.4, 0.5) is 11.4 Å². The van der Waals surface area contributed by atoms with Crippen LogP contribution in [-0.4, -0.2) is 16.6 Å². The summed E-state index contributed by atoms with van der Waals surface area (Å²) in [6.07, 6.45) is 0. The fraction of sp³-hybridized carbons (Fsp3) is 0.278. The number of hydrogen-bond acceptors (Lipinski definition) is 4. The first kappa shape index (κ1) is 19.3. The highest BCUT2D eigenvalue weighted by molar-refractivity contribution is 8.00. The number of amides is 1. The number of anilines is 1. The summed E-state index contributed by atoms with van der Waals surface area (Å²) in [5.74, 6) is 0.0733. The summed E-state index contributed by atoms with van der Waals surface area (Å²) in [5, 5.41) is 14.2. The Morgan fingerprint density at radius 3 is 2.68 bits per heavy atom. The molecule has 1 atom stereocenters. The summed E-state index contributed by atoms with van der Waals surface area (Å²) in [6, 6.07) is 10.2. The number of hydrogen-bond donors (Lipinski definition) is 1. The monoisotopic (exact) mass is 378 g/mol. The number of thioether (sulfide) groups is 1. The number of carbonyl (C=O) groups excluding carboxylic acids is 1. The highest BCUT2D eigenvalue weighted by atomic mass is 35.5. The van der Waals surface area contributed by atoms with E-state index in [2.05, 4.69) is 5.32 Å². The molecule has 2 aromatic rings. The SMILES string of the molecule is Cc1cc(C)c(NC(=O)CS[C@H](C)c2cccc([N+](=O)[O-])c2)c(Cl)c1. The van der Waals surface area contributed by atoms with E-state index < -0.39 is 4.92 Å². The fourth-order valence-corrected chi connectivity index (χ4v) is 3.62. The summed E-state index contributed by atoms with van der Waals surface area (Å²) in [7, 11) is 0. The Hall–Kier alpha value is -2.05. The number of aryl methyl sites for hydroxylation is 2. The van der Waals surface area contributed by atoms with Gasteiger partial charge in [0, 0.05) is 17.4 Å². The van der Waals surface area contributed by atoms with E-state index in [1.54, 1.807) is 6.07 Å². The van der Waals surface area contributed by atoms with E-state index in [0.29, 0.717) is 10.7 Å². The van der Waals surface area contributed by atoms with E-state index in [1.807, 2.05) is 39.0 Å². The number of nitro benzene ring substituents is 1. The summed E-state index contributed by atoms with van der Waals surface area (Å²) in [6.45, 7) is 5.76. The van der Waals surface area contributed by atoms with E-state index in [0.717, 1.165) is 16.7 Å². The van der Waals surface area contributed by atoms with Crippen LogP contribution in [0.1, 0.15) is 28.9 Å². The molecule has 0 aliphatic heterocycles. The lowest BCUT2D eigenvalue weighted by Crippen LogP contribution is -2.16. The first-order valence-electron chi connectivity index (χ1n) is 7.70. The summed E-state index contributed by atoms with van der Waals surface area (Å²) in [5.41, 5.74) is 3.44. The van der Waals surface area contributed by atoms with Crippen molar-refractivity contribution >= 4 is 40.6 Å². The largest absolute Gasteiger partial charge is 0.324 e. The van der Waals surface area contributed by atoms with Crippen molar-refractivity contribution < 1.29 is 9.72 Å². The number of nitrogens with one attached hydrogen (secondary N) is 1. The third kappa shape index (κ3) is 5.21. The van der Waals surface area contributed by atoms with Gasteiger partial charge >= 0.3 is 0 Å². The second-order valence-electron chi connectivity index (χ2n) is 5.79. The molecule has 0 fully saturated rings. The molecular weight excluding hydrogens is 360 g/mol. The Morgan fingerprint density at radius 1 is 1.32 bits per heavy atom. The van der Waals surface area contributed by atoms with Gasteiger partial charge in [-0.05, 0) is 43.5 Å². The van der Waals surface area contributed by atoms with Gasteiger partial charge in [0.1, 0.15) is 0 Å². The lowest BCUT2D eigenvalue weighted by molar-refractivity contribution is -0.384. The van der Waals surface area contributed by atoms with Crippen LogP contribution in [-0.2, 0) is 4.79 Å². The van der Waals surface area contributed by atoms with E-state index in [-0.39, 0.29) is 22.6 Å². The van der Waals surface area contributed by atoms with Crippen LogP contribution >= 0.6 is 23.4 Å². The molecule has 0 aromatic heterocycles. The fourth-order valence-electron chi connectivity index (χ4n) is 2.44. The maximum Gasteiger partial charge on any atom is 0.269 e. The Kier molecular flexibility index (Phi) is 6.45. The molecule has 0 aliphatic carbocycles. The standard InChI is InChI=1S/C18H19ClN2O3S/c1-11-7-12(2)18(16(19)8-11)20-17(22)10-25-13(3)14-5-4-6-15(9-14)21(23)24/h4-9,13H,10H2,1-3H3,(H,20,22)/t13-/m1/s1. The van der Waals surface area contributed by atoms with Gasteiger partial charge in [0.2, 0.25) is 5.91 Å². The number of halogens is 1. The third-order valence-electron chi connectivity index (χ3n) is 3.71. The molecule has 5 nitrogen and oxygen atoms in total. The lowest BCUT2D eigenvalue weighted by atomic mass is 10.1. The number of benzene rings is 2.